The lowest BCUT2D eigenvalue weighted by Gasteiger charge is -2.41. The lowest BCUT2D eigenvalue weighted by Crippen LogP contribution is -2.44. The topological polar surface area (TPSA) is 3.24 Å². The largest absolute Gasteiger partial charge is 0.345 e. The Morgan fingerprint density at radius 2 is 2.00 bits per heavy atom. The van der Waals surface area contributed by atoms with Crippen molar-refractivity contribution in [2.45, 2.75) is 65.3 Å². The molecule has 2 heteroatoms. The van der Waals surface area contributed by atoms with E-state index in [9.17, 15) is 0 Å². The Morgan fingerprint density at radius 1 is 1.25 bits per heavy atom. The fraction of sp³-hybridized carbons (Fsp3) is 1.00. The van der Waals surface area contributed by atoms with Crippen LogP contribution in [0.5, 0.6) is 0 Å². The average Bonchev–Trinajstić information content (AvgIpc) is 2.87. The van der Waals surface area contributed by atoms with Crippen LogP contribution in [0.3, 0.4) is 0 Å². The number of fused-ring (bicyclic) bond motifs is 1. The third-order valence-electron chi connectivity index (χ3n) is 5.02. The number of piperidine rings is 1. The molecular weight excluding hydrogens is 193 g/mol. The molecule has 1 aliphatic heterocycles. The van der Waals surface area contributed by atoms with E-state index in [1.807, 2.05) is 0 Å². The summed E-state index contributed by atoms with van der Waals surface area (Å²) >= 11 is 0. The van der Waals surface area contributed by atoms with E-state index in [1.165, 1.54) is 45.1 Å². The second kappa shape index (κ2) is 4.72. The predicted octanol–water partition coefficient (Wildman–Crippen LogP) is 2.85. The highest BCUT2D eigenvalue weighted by Gasteiger charge is 2.56. The van der Waals surface area contributed by atoms with Crippen LogP contribution in [0.1, 0.15) is 59.3 Å². The smallest absolute Gasteiger partial charge is 0.185 e. The van der Waals surface area contributed by atoms with Gasteiger partial charge in [-0.25, -0.2) is 0 Å². The Balaban J connectivity index is 2.04. The SMILES string of the molecule is BN1CC2CC2C1C(C)(CCC)CCCC. The van der Waals surface area contributed by atoms with Gasteiger partial charge in [0.15, 0.2) is 7.98 Å². The highest BCUT2D eigenvalue weighted by Crippen LogP contribution is 2.56. The van der Waals surface area contributed by atoms with Gasteiger partial charge in [-0.05, 0) is 43.1 Å². The molecule has 0 spiro atoms. The van der Waals surface area contributed by atoms with Crippen LogP contribution in [0.4, 0.5) is 0 Å². The molecule has 2 rings (SSSR count). The second-order valence-corrected chi connectivity index (χ2v) is 6.55. The third-order valence-corrected chi connectivity index (χ3v) is 5.02. The first-order valence-corrected chi connectivity index (χ1v) is 7.32. The number of nitrogens with zero attached hydrogens (tertiary/aromatic N) is 1. The summed E-state index contributed by atoms with van der Waals surface area (Å²) < 4.78 is 0. The molecule has 0 amide bonds. The monoisotopic (exact) mass is 221 g/mol. The lowest BCUT2D eigenvalue weighted by atomic mass is 9.72. The van der Waals surface area contributed by atoms with E-state index in [1.54, 1.807) is 0 Å². The normalized spacial score (nSPS) is 37.1. The number of unbranched alkanes of at least 4 members (excludes halogenated alkanes) is 1. The van der Waals surface area contributed by atoms with E-state index in [2.05, 4.69) is 33.6 Å². The minimum absolute atomic E-state index is 0.593. The van der Waals surface area contributed by atoms with E-state index < -0.39 is 0 Å². The first-order valence-electron chi connectivity index (χ1n) is 7.32. The zero-order valence-corrected chi connectivity index (χ0v) is 11.6. The molecule has 4 atom stereocenters. The molecule has 0 aromatic carbocycles. The van der Waals surface area contributed by atoms with Gasteiger partial charge in [0.05, 0.1) is 0 Å². The minimum atomic E-state index is 0.593. The molecule has 1 nitrogen and oxygen atoms in total. The van der Waals surface area contributed by atoms with Crippen LogP contribution in [0, 0.1) is 17.3 Å². The molecule has 1 heterocycles. The van der Waals surface area contributed by atoms with Gasteiger partial charge < -0.3 is 4.81 Å². The Labute approximate surface area is 102 Å². The van der Waals surface area contributed by atoms with Gasteiger partial charge in [-0.2, -0.15) is 0 Å². The van der Waals surface area contributed by atoms with Gasteiger partial charge in [0.2, 0.25) is 0 Å². The average molecular weight is 221 g/mol. The summed E-state index contributed by atoms with van der Waals surface area (Å²) in [5.41, 5.74) is 0.593. The fourth-order valence-electron chi connectivity index (χ4n) is 4.30. The molecule has 0 N–H and O–H groups in total. The third kappa shape index (κ3) is 2.18. The highest BCUT2D eigenvalue weighted by molar-refractivity contribution is 6.05. The Bertz CT molecular complexity index is 241. The standard InChI is InChI=1S/C14H28BN/c1-4-6-8-14(3,7-5-2)13-12-9-11(12)10-16(13)15/h11-13H,4-10,15H2,1-3H3. The fourth-order valence-corrected chi connectivity index (χ4v) is 4.30. The summed E-state index contributed by atoms with van der Waals surface area (Å²) in [6.07, 6.45) is 8.51. The van der Waals surface area contributed by atoms with Crippen molar-refractivity contribution in [3.05, 3.63) is 0 Å². The molecule has 0 aromatic rings. The molecular formula is C14H28BN. The van der Waals surface area contributed by atoms with Gasteiger partial charge in [0, 0.05) is 6.04 Å². The number of hydrogen-bond acceptors (Lipinski definition) is 1. The van der Waals surface area contributed by atoms with Crippen molar-refractivity contribution in [3.63, 3.8) is 0 Å². The minimum Gasteiger partial charge on any atom is -0.345 e. The van der Waals surface area contributed by atoms with Crippen molar-refractivity contribution >= 4 is 7.98 Å². The van der Waals surface area contributed by atoms with E-state index >= 15 is 0 Å². The van der Waals surface area contributed by atoms with E-state index in [0.29, 0.717) is 5.41 Å². The van der Waals surface area contributed by atoms with Gasteiger partial charge in [-0.3, -0.25) is 0 Å². The summed E-state index contributed by atoms with van der Waals surface area (Å²) in [5, 5.41) is 0. The maximum absolute atomic E-state index is 2.67. The van der Waals surface area contributed by atoms with Gasteiger partial charge in [-0.1, -0.05) is 40.0 Å². The summed E-state index contributed by atoms with van der Waals surface area (Å²) in [6.45, 7) is 8.61. The molecule has 2 aliphatic rings. The molecule has 1 saturated carbocycles. The number of hydrogen-bond donors (Lipinski definition) is 0. The summed E-state index contributed by atoms with van der Waals surface area (Å²) in [4.78, 5) is 2.67. The number of rotatable bonds is 6. The Morgan fingerprint density at radius 3 is 2.50 bits per heavy atom. The first kappa shape index (κ1) is 12.5. The maximum atomic E-state index is 2.67. The quantitative estimate of drug-likeness (QED) is 0.623. The summed E-state index contributed by atoms with van der Waals surface area (Å²) in [7, 11) is 2.36. The van der Waals surface area contributed by atoms with Crippen molar-refractivity contribution in [1.82, 2.24) is 4.81 Å². The van der Waals surface area contributed by atoms with Crippen LogP contribution in [-0.4, -0.2) is 25.4 Å². The van der Waals surface area contributed by atoms with E-state index in [-0.39, 0.29) is 0 Å². The van der Waals surface area contributed by atoms with Crippen molar-refractivity contribution in [1.29, 1.82) is 0 Å². The van der Waals surface area contributed by atoms with Crippen LogP contribution < -0.4 is 0 Å². The van der Waals surface area contributed by atoms with Crippen LogP contribution in [0.2, 0.25) is 0 Å². The van der Waals surface area contributed by atoms with Crippen molar-refractivity contribution in [2.75, 3.05) is 6.54 Å². The van der Waals surface area contributed by atoms with Gasteiger partial charge in [0.1, 0.15) is 0 Å². The Hall–Kier alpha value is 0.0249. The van der Waals surface area contributed by atoms with E-state index in [0.717, 1.165) is 17.9 Å². The Kier molecular flexibility index (Phi) is 3.68. The predicted molar refractivity (Wildman–Crippen MR) is 73.2 cm³/mol. The molecule has 0 aromatic heterocycles. The molecule has 4 unspecified atom stereocenters. The van der Waals surface area contributed by atoms with Crippen LogP contribution in [-0.2, 0) is 0 Å². The van der Waals surface area contributed by atoms with Gasteiger partial charge in [0.25, 0.3) is 0 Å². The zero-order valence-electron chi connectivity index (χ0n) is 11.6. The second-order valence-electron chi connectivity index (χ2n) is 6.55. The molecule has 2 fully saturated rings. The summed E-state index contributed by atoms with van der Waals surface area (Å²) in [6, 6.07) is 0.893. The molecule has 16 heavy (non-hydrogen) atoms. The van der Waals surface area contributed by atoms with Gasteiger partial charge >= 0.3 is 0 Å². The molecule has 0 bridgehead atoms. The van der Waals surface area contributed by atoms with E-state index in [4.69, 9.17) is 0 Å². The van der Waals surface area contributed by atoms with Crippen molar-refractivity contribution in [2.24, 2.45) is 17.3 Å². The molecule has 92 valence electrons. The zero-order chi connectivity index (χ0) is 11.8. The molecule has 1 aliphatic carbocycles. The summed E-state index contributed by atoms with van der Waals surface area (Å²) in [5.74, 6) is 2.12. The van der Waals surface area contributed by atoms with Crippen LogP contribution in [0.15, 0.2) is 0 Å². The lowest BCUT2D eigenvalue weighted by molar-refractivity contribution is 0.121. The van der Waals surface area contributed by atoms with Crippen LogP contribution in [0.25, 0.3) is 0 Å². The van der Waals surface area contributed by atoms with Gasteiger partial charge in [-0.15, -0.1) is 0 Å². The molecule has 0 radical (unpaired) electrons. The van der Waals surface area contributed by atoms with Crippen molar-refractivity contribution in [3.8, 4) is 0 Å². The highest BCUT2D eigenvalue weighted by atomic mass is 15.1. The first-order chi connectivity index (χ1) is 7.62. The van der Waals surface area contributed by atoms with Crippen molar-refractivity contribution < 1.29 is 0 Å². The molecule has 1 saturated heterocycles. The van der Waals surface area contributed by atoms with Crippen LogP contribution >= 0.6 is 0 Å². The maximum Gasteiger partial charge on any atom is 0.185 e.